The molecule has 0 radical (unpaired) electrons. The molecule has 0 aliphatic heterocycles. The van der Waals surface area contributed by atoms with Gasteiger partial charge in [-0.05, 0) is 18.6 Å². The lowest BCUT2D eigenvalue weighted by molar-refractivity contribution is 0.269. The Morgan fingerprint density at radius 2 is 2.33 bits per heavy atom. The van der Waals surface area contributed by atoms with Crippen molar-refractivity contribution in [3.63, 3.8) is 0 Å². The second kappa shape index (κ2) is 4.60. The van der Waals surface area contributed by atoms with Crippen LogP contribution >= 0.6 is 11.3 Å². The summed E-state index contributed by atoms with van der Waals surface area (Å²) in [5.74, 6) is 0. The van der Waals surface area contributed by atoms with Gasteiger partial charge in [-0.2, -0.15) is 0 Å². The zero-order valence-corrected chi connectivity index (χ0v) is 8.10. The minimum atomic E-state index is -0.194. The summed E-state index contributed by atoms with van der Waals surface area (Å²) < 4.78 is 0. The van der Waals surface area contributed by atoms with Crippen LogP contribution < -0.4 is 5.73 Å². The highest BCUT2D eigenvalue weighted by atomic mass is 32.1. The molecule has 1 aromatic heterocycles. The highest BCUT2D eigenvalue weighted by Gasteiger charge is 2.06. The largest absolute Gasteiger partial charge is 0.394 e. The maximum Gasteiger partial charge on any atom is 0.0632 e. The summed E-state index contributed by atoms with van der Waals surface area (Å²) in [5, 5.41) is 8.81. The highest BCUT2D eigenvalue weighted by molar-refractivity contribution is 7.12. The van der Waals surface area contributed by atoms with E-state index in [9.17, 15) is 0 Å². The van der Waals surface area contributed by atoms with Crippen molar-refractivity contribution in [1.82, 2.24) is 0 Å². The Hall–Kier alpha value is -0.380. The van der Waals surface area contributed by atoms with Crippen LogP contribution in [0.2, 0.25) is 0 Å². The molecule has 1 atom stereocenters. The van der Waals surface area contributed by atoms with E-state index in [0.717, 1.165) is 17.7 Å². The molecule has 12 heavy (non-hydrogen) atoms. The van der Waals surface area contributed by atoms with Crippen molar-refractivity contribution in [2.45, 2.75) is 25.8 Å². The summed E-state index contributed by atoms with van der Waals surface area (Å²) in [5.41, 5.74) is 5.66. The molecular weight excluding hydrogens is 170 g/mol. The molecule has 0 spiro atoms. The van der Waals surface area contributed by atoms with Crippen LogP contribution in [0.5, 0.6) is 0 Å². The zero-order chi connectivity index (χ0) is 8.97. The first-order valence-electron chi connectivity index (χ1n) is 4.23. The van der Waals surface area contributed by atoms with E-state index in [2.05, 4.69) is 13.0 Å². The summed E-state index contributed by atoms with van der Waals surface area (Å²) in [6.45, 7) is 2.19. The predicted octanol–water partition coefficient (Wildman–Crippen LogP) is 1.69. The van der Waals surface area contributed by atoms with Crippen molar-refractivity contribution < 1.29 is 5.11 Å². The van der Waals surface area contributed by atoms with Crippen molar-refractivity contribution in [2.24, 2.45) is 5.73 Å². The summed E-state index contributed by atoms with van der Waals surface area (Å²) >= 11 is 1.71. The van der Waals surface area contributed by atoms with Crippen LogP contribution in [-0.4, -0.2) is 11.7 Å². The van der Waals surface area contributed by atoms with Gasteiger partial charge in [0.1, 0.15) is 0 Å². The van der Waals surface area contributed by atoms with E-state index in [-0.39, 0.29) is 12.6 Å². The lowest BCUT2D eigenvalue weighted by Crippen LogP contribution is -2.12. The smallest absolute Gasteiger partial charge is 0.0632 e. The Balaban J connectivity index is 2.63. The average Bonchev–Trinajstić information content (AvgIpc) is 2.52. The average molecular weight is 185 g/mol. The zero-order valence-electron chi connectivity index (χ0n) is 7.29. The third kappa shape index (κ3) is 2.30. The lowest BCUT2D eigenvalue weighted by atomic mass is 10.2. The summed E-state index contributed by atoms with van der Waals surface area (Å²) in [6, 6.07) is 3.91. The number of aliphatic hydroxyl groups is 1. The number of rotatable bonds is 4. The van der Waals surface area contributed by atoms with Gasteiger partial charge in [0.25, 0.3) is 0 Å². The summed E-state index contributed by atoms with van der Waals surface area (Å²) in [7, 11) is 0. The van der Waals surface area contributed by atoms with Crippen LogP contribution in [0.1, 0.15) is 29.1 Å². The van der Waals surface area contributed by atoms with Crippen molar-refractivity contribution in [3.05, 3.63) is 21.9 Å². The van der Waals surface area contributed by atoms with Crippen LogP contribution in [0.3, 0.4) is 0 Å². The van der Waals surface area contributed by atoms with Gasteiger partial charge >= 0.3 is 0 Å². The number of aliphatic hydroxyl groups excluding tert-OH is 1. The highest BCUT2D eigenvalue weighted by Crippen LogP contribution is 2.22. The van der Waals surface area contributed by atoms with E-state index in [1.54, 1.807) is 11.3 Å². The fourth-order valence-corrected chi connectivity index (χ4v) is 2.17. The molecule has 1 heterocycles. The molecule has 3 N–H and O–H groups in total. The first-order chi connectivity index (χ1) is 5.77. The maximum absolute atomic E-state index is 8.81. The van der Waals surface area contributed by atoms with E-state index < -0.39 is 0 Å². The molecule has 0 aliphatic carbocycles. The topological polar surface area (TPSA) is 46.2 Å². The molecular formula is C9H15NOS. The van der Waals surface area contributed by atoms with Gasteiger partial charge in [0.2, 0.25) is 0 Å². The monoisotopic (exact) mass is 185 g/mol. The second-order valence-electron chi connectivity index (χ2n) is 2.84. The molecule has 0 aliphatic rings. The van der Waals surface area contributed by atoms with Gasteiger partial charge in [0, 0.05) is 9.75 Å². The SMILES string of the molecule is CCCc1ccc([C@@H](N)CO)s1. The van der Waals surface area contributed by atoms with Gasteiger partial charge in [-0.1, -0.05) is 13.3 Å². The lowest BCUT2D eigenvalue weighted by Gasteiger charge is -2.02. The van der Waals surface area contributed by atoms with E-state index in [1.165, 1.54) is 4.88 Å². The predicted molar refractivity (Wildman–Crippen MR) is 52.3 cm³/mol. The number of hydrogen-bond donors (Lipinski definition) is 2. The van der Waals surface area contributed by atoms with Gasteiger partial charge in [-0.3, -0.25) is 0 Å². The molecule has 1 rings (SSSR count). The number of thiophene rings is 1. The van der Waals surface area contributed by atoms with Crippen molar-refractivity contribution in [1.29, 1.82) is 0 Å². The Morgan fingerprint density at radius 3 is 2.92 bits per heavy atom. The maximum atomic E-state index is 8.81. The minimum Gasteiger partial charge on any atom is -0.394 e. The Labute approximate surface area is 77.0 Å². The second-order valence-corrected chi connectivity index (χ2v) is 4.04. The molecule has 0 bridgehead atoms. The quantitative estimate of drug-likeness (QED) is 0.750. The Kier molecular flexibility index (Phi) is 3.72. The van der Waals surface area contributed by atoms with Crippen LogP contribution in [0.25, 0.3) is 0 Å². The van der Waals surface area contributed by atoms with Crippen molar-refractivity contribution in [2.75, 3.05) is 6.61 Å². The van der Waals surface area contributed by atoms with Crippen LogP contribution in [0.4, 0.5) is 0 Å². The Morgan fingerprint density at radius 1 is 1.58 bits per heavy atom. The van der Waals surface area contributed by atoms with Gasteiger partial charge < -0.3 is 10.8 Å². The first-order valence-corrected chi connectivity index (χ1v) is 5.04. The van der Waals surface area contributed by atoms with E-state index in [1.807, 2.05) is 6.07 Å². The number of nitrogens with two attached hydrogens (primary N) is 1. The molecule has 3 heteroatoms. The fourth-order valence-electron chi connectivity index (χ4n) is 1.06. The number of hydrogen-bond acceptors (Lipinski definition) is 3. The van der Waals surface area contributed by atoms with Gasteiger partial charge in [0.15, 0.2) is 0 Å². The summed E-state index contributed by atoms with van der Waals surface area (Å²) in [4.78, 5) is 2.44. The van der Waals surface area contributed by atoms with Crippen LogP contribution in [0.15, 0.2) is 12.1 Å². The van der Waals surface area contributed by atoms with E-state index >= 15 is 0 Å². The molecule has 0 unspecified atom stereocenters. The minimum absolute atomic E-state index is 0.0338. The molecule has 0 aromatic carbocycles. The third-order valence-electron chi connectivity index (χ3n) is 1.74. The van der Waals surface area contributed by atoms with Gasteiger partial charge in [-0.15, -0.1) is 11.3 Å². The third-order valence-corrected chi connectivity index (χ3v) is 3.02. The number of aryl methyl sites for hydroxylation is 1. The molecule has 68 valence electrons. The van der Waals surface area contributed by atoms with Crippen molar-refractivity contribution >= 4 is 11.3 Å². The normalized spacial score (nSPS) is 13.2. The van der Waals surface area contributed by atoms with Gasteiger partial charge in [0.05, 0.1) is 12.6 Å². The van der Waals surface area contributed by atoms with Crippen molar-refractivity contribution in [3.8, 4) is 0 Å². The van der Waals surface area contributed by atoms with Crippen LogP contribution in [0, 0.1) is 0 Å². The van der Waals surface area contributed by atoms with Crippen LogP contribution in [-0.2, 0) is 6.42 Å². The van der Waals surface area contributed by atoms with E-state index in [4.69, 9.17) is 10.8 Å². The fraction of sp³-hybridized carbons (Fsp3) is 0.556. The molecule has 0 saturated heterocycles. The molecule has 0 fully saturated rings. The standard InChI is InChI=1S/C9H15NOS/c1-2-3-7-4-5-9(12-7)8(10)6-11/h4-5,8,11H,2-3,6,10H2,1H3/t8-/m0/s1. The first kappa shape index (κ1) is 9.71. The van der Waals surface area contributed by atoms with E-state index in [0.29, 0.717) is 0 Å². The molecule has 1 aromatic rings. The van der Waals surface area contributed by atoms with Gasteiger partial charge in [-0.25, -0.2) is 0 Å². The molecule has 2 nitrogen and oxygen atoms in total. The summed E-state index contributed by atoms with van der Waals surface area (Å²) in [6.07, 6.45) is 2.27. The molecule has 0 amide bonds. The molecule has 0 saturated carbocycles. The Bertz CT molecular complexity index is 234.